The highest BCUT2D eigenvalue weighted by Gasteiger charge is 2.59. The Morgan fingerprint density at radius 2 is 1.56 bits per heavy atom. The van der Waals surface area contributed by atoms with Crippen LogP contribution in [0.3, 0.4) is 0 Å². The van der Waals surface area contributed by atoms with Crippen LogP contribution in [0.4, 0.5) is 14.9 Å². The summed E-state index contributed by atoms with van der Waals surface area (Å²) in [5, 5.41) is 3.19. The molecule has 0 radical (unpaired) electrons. The number of nitrogens with zero attached hydrogens (tertiary/aromatic N) is 3. The molecule has 0 aliphatic rings. The molecule has 0 spiro atoms. The van der Waals surface area contributed by atoms with Crippen LogP contribution in [0, 0.1) is 11.2 Å². The summed E-state index contributed by atoms with van der Waals surface area (Å²) < 4.78 is 27.2. The maximum atomic E-state index is 15.6. The molecule has 11 heteroatoms. The Kier molecular flexibility index (Phi) is 9.81. The van der Waals surface area contributed by atoms with Crippen LogP contribution in [-0.4, -0.2) is 39.3 Å². The molecule has 1 atom stereocenters. The summed E-state index contributed by atoms with van der Waals surface area (Å²) in [7, 11) is 1.72. The minimum atomic E-state index is -1.31. The number of carbonyl (C=O) groups excluding carboxylic acids is 1. The Hall–Kier alpha value is -3.50. The first kappa shape index (κ1) is 32.4. The Morgan fingerprint density at radius 3 is 2.02 bits per heavy atom. The van der Waals surface area contributed by atoms with E-state index in [9.17, 15) is 4.79 Å². The van der Waals surface area contributed by atoms with Crippen LogP contribution in [-0.2, 0) is 16.4 Å². The normalized spacial score (nSPS) is 13.3. The van der Waals surface area contributed by atoms with Gasteiger partial charge >= 0.3 is 6.03 Å². The van der Waals surface area contributed by atoms with Crippen LogP contribution in [0.15, 0.2) is 85.1 Å². The SMILES string of the molecule is COc1ccc(N(Cc2cnc(Cl)nc2Cl)C(=O)N[C@@](C)(O[SiH3])C(c2ccccc2)(c2ccccc2)C(C)(C)C)c(F)c1. The number of benzene rings is 3. The molecule has 4 aromatic rings. The van der Waals surface area contributed by atoms with E-state index in [1.165, 1.54) is 30.3 Å². The zero-order valence-corrected chi connectivity index (χ0v) is 28.5. The molecular formula is C32H35Cl2FN4O3Si. The number of aromatic nitrogens is 2. The topological polar surface area (TPSA) is 76.6 Å². The summed E-state index contributed by atoms with van der Waals surface area (Å²) in [5.74, 6) is -0.357. The van der Waals surface area contributed by atoms with Crippen molar-refractivity contribution in [1.82, 2.24) is 15.3 Å². The van der Waals surface area contributed by atoms with Crippen molar-refractivity contribution in [1.29, 1.82) is 0 Å². The number of hydrogen-bond acceptors (Lipinski definition) is 5. The number of carbonyl (C=O) groups is 1. The molecule has 0 saturated carbocycles. The van der Waals surface area contributed by atoms with Gasteiger partial charge in [-0.2, -0.15) is 0 Å². The second kappa shape index (κ2) is 13.0. The van der Waals surface area contributed by atoms with Crippen molar-refractivity contribution in [3.05, 3.63) is 118 Å². The van der Waals surface area contributed by atoms with Crippen molar-refractivity contribution in [3.63, 3.8) is 0 Å². The van der Waals surface area contributed by atoms with E-state index in [0.29, 0.717) is 11.3 Å². The van der Waals surface area contributed by atoms with Gasteiger partial charge in [-0.1, -0.05) is 93.0 Å². The molecule has 3 aromatic carbocycles. The first-order valence-corrected chi connectivity index (χ1v) is 15.2. The van der Waals surface area contributed by atoms with E-state index in [1.54, 1.807) is 6.07 Å². The van der Waals surface area contributed by atoms with Gasteiger partial charge in [-0.15, -0.1) is 0 Å². The Labute approximate surface area is 264 Å². The number of urea groups is 1. The third-order valence-electron chi connectivity index (χ3n) is 7.81. The van der Waals surface area contributed by atoms with Gasteiger partial charge in [-0.05, 0) is 47.2 Å². The first-order valence-electron chi connectivity index (χ1n) is 13.6. The van der Waals surface area contributed by atoms with Crippen LogP contribution < -0.4 is 15.0 Å². The molecule has 1 heterocycles. The summed E-state index contributed by atoms with van der Waals surface area (Å²) >= 11 is 12.3. The molecule has 7 nitrogen and oxygen atoms in total. The van der Waals surface area contributed by atoms with Gasteiger partial charge < -0.3 is 14.5 Å². The molecule has 1 aromatic heterocycles. The maximum absolute atomic E-state index is 15.6. The predicted molar refractivity (Wildman–Crippen MR) is 172 cm³/mol. The lowest BCUT2D eigenvalue weighted by Gasteiger charge is -2.56. The predicted octanol–water partition coefficient (Wildman–Crippen LogP) is 6.69. The molecule has 0 bridgehead atoms. The van der Waals surface area contributed by atoms with E-state index >= 15 is 4.39 Å². The van der Waals surface area contributed by atoms with Crippen LogP contribution in [0.2, 0.25) is 10.4 Å². The zero-order chi connectivity index (χ0) is 31.4. The fourth-order valence-electron chi connectivity index (χ4n) is 5.99. The fourth-order valence-corrected chi connectivity index (χ4v) is 6.76. The number of anilines is 1. The van der Waals surface area contributed by atoms with Crippen LogP contribution >= 0.6 is 23.2 Å². The Bertz CT molecular complexity index is 1530. The van der Waals surface area contributed by atoms with E-state index in [-0.39, 0.29) is 33.2 Å². The van der Waals surface area contributed by atoms with Crippen molar-refractivity contribution in [3.8, 4) is 5.75 Å². The van der Waals surface area contributed by atoms with Gasteiger partial charge in [-0.3, -0.25) is 4.90 Å². The van der Waals surface area contributed by atoms with Crippen LogP contribution in [0.5, 0.6) is 5.75 Å². The monoisotopic (exact) mass is 640 g/mol. The van der Waals surface area contributed by atoms with Crippen molar-refractivity contribution < 1.29 is 18.3 Å². The quantitative estimate of drug-likeness (QED) is 0.0954. The second-order valence-electron chi connectivity index (χ2n) is 11.3. The molecule has 1 N–H and O–H groups in total. The van der Waals surface area contributed by atoms with E-state index in [4.69, 9.17) is 32.4 Å². The Balaban J connectivity index is 1.91. The number of nitrogens with one attached hydrogen (secondary N) is 1. The Morgan fingerprint density at radius 1 is 0.977 bits per heavy atom. The molecule has 0 aliphatic carbocycles. The van der Waals surface area contributed by atoms with E-state index in [0.717, 1.165) is 11.1 Å². The third kappa shape index (κ3) is 6.26. The van der Waals surface area contributed by atoms with Gasteiger partial charge in [-0.25, -0.2) is 19.2 Å². The van der Waals surface area contributed by atoms with Crippen molar-refractivity contribution in [2.24, 2.45) is 5.41 Å². The molecule has 0 saturated heterocycles. The third-order valence-corrected chi connectivity index (χ3v) is 9.14. The van der Waals surface area contributed by atoms with Gasteiger partial charge in [0.05, 0.1) is 24.8 Å². The van der Waals surface area contributed by atoms with Gasteiger partial charge in [0.2, 0.25) is 5.28 Å². The summed E-state index contributed by atoms with van der Waals surface area (Å²) in [6, 6.07) is 23.6. The highest BCUT2D eigenvalue weighted by atomic mass is 35.5. The summed E-state index contributed by atoms with van der Waals surface area (Å²) in [6.07, 6.45) is 1.41. The lowest BCUT2D eigenvalue weighted by Crippen LogP contribution is -2.68. The van der Waals surface area contributed by atoms with Gasteiger partial charge in [0, 0.05) is 17.8 Å². The van der Waals surface area contributed by atoms with Gasteiger partial charge in [0.15, 0.2) is 5.82 Å². The maximum Gasteiger partial charge on any atom is 0.324 e. The minimum Gasteiger partial charge on any atom is -0.497 e. The van der Waals surface area contributed by atoms with Crippen molar-refractivity contribution >= 4 is 45.4 Å². The van der Waals surface area contributed by atoms with Gasteiger partial charge in [0.1, 0.15) is 27.1 Å². The molecule has 0 aliphatic heterocycles. The van der Waals surface area contributed by atoms with Crippen molar-refractivity contribution in [2.75, 3.05) is 12.0 Å². The van der Waals surface area contributed by atoms with E-state index < -0.39 is 28.4 Å². The average Bonchev–Trinajstić information content (AvgIpc) is 2.97. The first-order chi connectivity index (χ1) is 20.4. The van der Waals surface area contributed by atoms with E-state index in [1.807, 2.05) is 67.6 Å². The minimum absolute atomic E-state index is 0.000737. The molecule has 43 heavy (non-hydrogen) atoms. The lowest BCUT2D eigenvalue weighted by atomic mass is 9.54. The fraction of sp³-hybridized carbons (Fsp3) is 0.281. The number of rotatable bonds is 9. The standard InChI is InChI=1S/C32H35Cl2FN4O3Si/c1-30(2,3)32(22-12-8-6-9-13-22,23-14-10-7-11-15-23)31(4,42-43)38-29(40)39(20-21-19-36-28(34)37-27(21)33)26-17-16-24(41-5)18-25(26)35/h6-19H,20H2,1-5,43H3,(H,38,40)/t31-/m0/s1. The second-order valence-corrected chi connectivity index (χ2v) is 12.4. The van der Waals surface area contributed by atoms with Crippen molar-refractivity contribution in [2.45, 2.75) is 45.4 Å². The number of ether oxygens (including phenoxy) is 1. The lowest BCUT2D eigenvalue weighted by molar-refractivity contribution is -0.0441. The molecule has 0 fully saturated rings. The molecular weight excluding hydrogens is 606 g/mol. The molecule has 4 rings (SSSR count). The number of halogens is 3. The molecule has 226 valence electrons. The van der Waals surface area contributed by atoms with E-state index in [2.05, 4.69) is 36.1 Å². The largest absolute Gasteiger partial charge is 0.497 e. The smallest absolute Gasteiger partial charge is 0.324 e. The highest BCUT2D eigenvalue weighted by molar-refractivity contribution is 6.32. The number of hydrogen-bond donors (Lipinski definition) is 1. The van der Waals surface area contributed by atoms with Crippen LogP contribution in [0.1, 0.15) is 44.4 Å². The van der Waals surface area contributed by atoms with Gasteiger partial charge in [0.25, 0.3) is 0 Å². The summed E-state index contributed by atoms with van der Waals surface area (Å²) in [6.45, 7) is 8.06. The summed E-state index contributed by atoms with van der Waals surface area (Å²) in [5.41, 5.74) is -0.429. The highest BCUT2D eigenvalue weighted by Crippen LogP contribution is 2.54. The molecule has 2 amide bonds. The average molecular weight is 642 g/mol. The molecule has 0 unspecified atom stereocenters. The van der Waals surface area contributed by atoms with Crippen LogP contribution in [0.25, 0.3) is 0 Å². The zero-order valence-electron chi connectivity index (χ0n) is 25.0. The number of methoxy groups -OCH3 is 1. The number of amides is 2. The summed E-state index contributed by atoms with van der Waals surface area (Å²) in [4.78, 5) is 23.7.